The number of phosphoric acid groups is 1. The molecule has 7 rings (SSSR count). The number of ether oxygens (including phenoxy) is 7. The summed E-state index contributed by atoms with van der Waals surface area (Å²) in [6.07, 6.45) is -5.39. The van der Waals surface area contributed by atoms with Crippen molar-refractivity contribution in [1.82, 2.24) is 29.1 Å². The van der Waals surface area contributed by atoms with Gasteiger partial charge >= 0.3 is 25.5 Å². The number of nitrogens with zero attached hydrogens (tertiary/aromatic N) is 5. The quantitative estimate of drug-likeness (QED) is 0.0584. The molecule has 7 atom stereocenters. The van der Waals surface area contributed by atoms with Crippen LogP contribution in [0.3, 0.4) is 0 Å². The van der Waals surface area contributed by atoms with Gasteiger partial charge in [0.25, 0.3) is 11.5 Å². The van der Waals surface area contributed by atoms with E-state index < -0.39 is 105 Å². The molecule has 3 aromatic heterocycles. The van der Waals surface area contributed by atoms with Gasteiger partial charge in [-0.05, 0) is 30.3 Å². The zero-order valence-corrected chi connectivity index (χ0v) is 38.4. The Morgan fingerprint density at radius 2 is 1.58 bits per heavy atom. The number of aromatic amines is 1. The normalized spacial score (nSPS) is 20.8. The second kappa shape index (κ2) is 21.5. The lowest BCUT2D eigenvalue weighted by Gasteiger charge is -2.23. The van der Waals surface area contributed by atoms with Crippen LogP contribution >= 0.6 is 7.82 Å². The Hall–Kier alpha value is -7.06. The number of amides is 2. The minimum Gasteiger partial charge on any atom is -0.493 e. The number of carbonyl (C=O) groups is 4. The highest BCUT2D eigenvalue weighted by Crippen LogP contribution is 2.49. The van der Waals surface area contributed by atoms with E-state index in [-0.39, 0.29) is 58.6 Å². The van der Waals surface area contributed by atoms with Crippen LogP contribution in [0.1, 0.15) is 59.9 Å². The third-order valence-corrected chi connectivity index (χ3v) is 11.7. The third kappa shape index (κ3) is 11.6. The Morgan fingerprint density at radius 3 is 2.23 bits per heavy atom. The first-order valence-corrected chi connectivity index (χ1v) is 22.5. The van der Waals surface area contributed by atoms with Gasteiger partial charge in [-0.15, -0.1) is 0 Å². The van der Waals surface area contributed by atoms with Crippen molar-refractivity contribution < 1.29 is 75.9 Å². The molecule has 2 saturated heterocycles. The van der Waals surface area contributed by atoms with E-state index in [1.807, 2.05) is 0 Å². The van der Waals surface area contributed by atoms with E-state index in [2.05, 4.69) is 30.6 Å². The fraction of sp³-hybridized carbons (Fsp3) is 0.405. The highest BCUT2D eigenvalue weighted by molar-refractivity contribution is 7.47. The number of aliphatic hydroxyl groups excluding tert-OH is 1. The number of hydrogen-bond acceptors (Lipinski definition) is 20. The van der Waals surface area contributed by atoms with Gasteiger partial charge in [0, 0.05) is 30.5 Å². The van der Waals surface area contributed by atoms with E-state index in [0.29, 0.717) is 5.56 Å². The fourth-order valence-corrected chi connectivity index (χ4v) is 8.17. The molecule has 5 N–H and O–H groups in total. The van der Waals surface area contributed by atoms with Crippen LogP contribution in [0, 0.1) is 5.92 Å². The van der Waals surface area contributed by atoms with Gasteiger partial charge in [-0.25, -0.2) is 23.9 Å². The molecule has 0 spiro atoms. The smallest absolute Gasteiger partial charge is 0.472 e. The summed E-state index contributed by atoms with van der Waals surface area (Å²) in [5, 5.41) is 15.2. The number of hydrogen-bond donors (Lipinski definition) is 5. The van der Waals surface area contributed by atoms with Crippen molar-refractivity contribution in [3.8, 4) is 17.2 Å². The van der Waals surface area contributed by atoms with Crippen molar-refractivity contribution >= 4 is 54.5 Å². The van der Waals surface area contributed by atoms with E-state index in [4.69, 9.17) is 42.2 Å². The number of carbonyl (C=O) groups excluding carboxylic acids is 4. The number of aliphatic hydroxyl groups is 1. The summed E-state index contributed by atoms with van der Waals surface area (Å²) < 4.78 is 65.3. The number of imidazole rings is 1. The molecule has 2 amide bonds. The fourth-order valence-electron chi connectivity index (χ4n) is 7.21. The van der Waals surface area contributed by atoms with Gasteiger partial charge in [-0.3, -0.25) is 42.9 Å². The number of fused-ring (bicyclic) bond motifs is 1. The molecule has 2 aliphatic rings. The number of esters is 2. The van der Waals surface area contributed by atoms with E-state index >= 15 is 0 Å². The van der Waals surface area contributed by atoms with E-state index in [1.165, 1.54) is 56.6 Å². The van der Waals surface area contributed by atoms with Crippen molar-refractivity contribution in [2.75, 3.05) is 51.8 Å². The second-order valence-corrected chi connectivity index (χ2v) is 17.0. The molecule has 5 aromatic rings. The maximum Gasteiger partial charge on any atom is 0.472 e. The molecule has 0 radical (unpaired) electrons. The summed E-state index contributed by atoms with van der Waals surface area (Å²) in [7, 11) is -1.04. The zero-order chi connectivity index (χ0) is 49.6. The van der Waals surface area contributed by atoms with Crippen LogP contribution in [-0.2, 0) is 42.1 Å². The summed E-state index contributed by atoms with van der Waals surface area (Å²) >= 11 is 0. The van der Waals surface area contributed by atoms with Crippen molar-refractivity contribution in [1.29, 1.82) is 0 Å². The number of anilines is 2. The predicted octanol–water partition coefficient (Wildman–Crippen LogP) is 2.09. The molecule has 5 heterocycles. The summed E-state index contributed by atoms with van der Waals surface area (Å²) in [5.74, 6) is -3.18. The number of H-pyrrole nitrogens is 1. The molecule has 26 nitrogen and oxygen atoms in total. The molecule has 368 valence electrons. The van der Waals surface area contributed by atoms with Gasteiger partial charge in [0.05, 0.1) is 46.4 Å². The third-order valence-electron chi connectivity index (χ3n) is 10.6. The zero-order valence-electron chi connectivity index (χ0n) is 37.5. The van der Waals surface area contributed by atoms with E-state index in [1.54, 1.807) is 44.2 Å². The van der Waals surface area contributed by atoms with Crippen molar-refractivity contribution in [3.05, 3.63) is 93.0 Å². The maximum atomic E-state index is 13.6. The number of phosphoric ester groups is 1. The second-order valence-electron chi connectivity index (χ2n) is 15.5. The summed E-state index contributed by atoms with van der Waals surface area (Å²) in [5.41, 5.74) is -1.41. The Bertz CT molecular complexity index is 2850. The van der Waals surface area contributed by atoms with E-state index in [9.17, 15) is 43.3 Å². The number of benzene rings is 2. The van der Waals surface area contributed by atoms with Crippen LogP contribution in [0.2, 0.25) is 0 Å². The Kier molecular flexibility index (Phi) is 15.5. The number of methoxy groups -OCH3 is 3. The largest absolute Gasteiger partial charge is 0.493 e. The van der Waals surface area contributed by atoms with Crippen LogP contribution in [0.25, 0.3) is 11.2 Å². The SMILES string of the molecule is COc1cc(C(=O)OCC(=O)OC2CC(n3ccc(NC(=O)c4ccccc4)nc3=O)OC2COP(=O)(O)OC2CC(n3cnc4c(=O)[nH]c(NC(=O)C(C)C)nc43)OC2CO)cc(OC)c1OC. The standard InChI is InChI=1S/C42H47N8O18P/c1-21(2)37(53)47-41-46-36-34(39(55)48-41)43-20-50(36)32-16-25(28(17-51)65-32)68-69(58,59)64-18-29-24(67-33(52)19-63-40(56)23-13-26(60-3)35(62-5)27(14-23)61-4)15-31(66-29)49-12-11-30(45-42(49)57)44-38(54)22-9-7-6-8-10-22/h6-14,20-21,24-25,28-29,31-32,51H,15-19H2,1-5H3,(H,58,59)(H,44,45,54,57)(H2,46,47,48,53,55). The lowest BCUT2D eigenvalue weighted by molar-refractivity contribution is -0.156. The van der Waals surface area contributed by atoms with Crippen LogP contribution in [0.4, 0.5) is 11.8 Å². The first-order chi connectivity index (χ1) is 33.0. The first kappa shape index (κ1) is 49.8. The lowest BCUT2D eigenvalue weighted by Crippen LogP contribution is -2.33. The topological polar surface area (TPSA) is 331 Å². The molecular weight excluding hydrogens is 935 g/mol. The number of rotatable bonds is 19. The average Bonchev–Trinajstić information content (AvgIpc) is 4.06. The molecule has 7 unspecified atom stereocenters. The molecule has 0 bridgehead atoms. The highest BCUT2D eigenvalue weighted by Gasteiger charge is 2.45. The number of aromatic nitrogens is 6. The van der Waals surface area contributed by atoms with E-state index in [0.717, 1.165) is 4.57 Å². The predicted molar refractivity (Wildman–Crippen MR) is 236 cm³/mol. The van der Waals surface area contributed by atoms with Gasteiger partial charge in [0.15, 0.2) is 29.3 Å². The van der Waals surface area contributed by atoms with Gasteiger partial charge < -0.3 is 48.5 Å². The average molecular weight is 983 g/mol. The van der Waals surface area contributed by atoms with Crippen molar-refractivity contribution in [2.24, 2.45) is 5.92 Å². The monoisotopic (exact) mass is 982 g/mol. The van der Waals surface area contributed by atoms with Gasteiger partial charge in [-0.1, -0.05) is 32.0 Å². The molecule has 2 aliphatic heterocycles. The molecule has 69 heavy (non-hydrogen) atoms. The number of nitrogens with one attached hydrogen (secondary N) is 3. The Balaban J connectivity index is 1.05. The molecular formula is C42H47N8O18P. The first-order valence-electron chi connectivity index (χ1n) is 21.0. The molecule has 0 aliphatic carbocycles. The summed E-state index contributed by atoms with van der Waals surface area (Å²) in [4.78, 5) is 103. The van der Waals surface area contributed by atoms with Crippen LogP contribution in [-0.4, -0.2) is 128 Å². The Labute approximate surface area is 390 Å². The molecule has 0 saturated carbocycles. The lowest BCUT2D eigenvalue weighted by atomic mass is 10.2. The summed E-state index contributed by atoms with van der Waals surface area (Å²) in [6.45, 7) is 0.898. The van der Waals surface area contributed by atoms with Crippen molar-refractivity contribution in [2.45, 2.75) is 63.6 Å². The van der Waals surface area contributed by atoms with Crippen LogP contribution in [0.15, 0.2) is 70.6 Å². The molecule has 27 heteroatoms. The van der Waals surface area contributed by atoms with Gasteiger partial charge in [0.2, 0.25) is 17.6 Å². The molecule has 2 aromatic carbocycles. The Morgan fingerprint density at radius 1 is 0.899 bits per heavy atom. The van der Waals surface area contributed by atoms with Crippen molar-refractivity contribution in [3.63, 3.8) is 0 Å². The minimum absolute atomic E-state index is 0.00561. The highest BCUT2D eigenvalue weighted by atomic mass is 31.2. The minimum atomic E-state index is -5.10. The van der Waals surface area contributed by atoms with Gasteiger partial charge in [-0.2, -0.15) is 9.97 Å². The molecule has 2 fully saturated rings. The van der Waals surface area contributed by atoms with Crippen LogP contribution < -0.4 is 36.1 Å². The summed E-state index contributed by atoms with van der Waals surface area (Å²) in [6, 6.07) is 12.1. The van der Waals surface area contributed by atoms with Gasteiger partial charge in [0.1, 0.15) is 42.7 Å². The maximum absolute atomic E-state index is 13.6. The van der Waals surface area contributed by atoms with Crippen LogP contribution in [0.5, 0.6) is 17.2 Å².